The molecular formula is C13H26N2O. The van der Waals surface area contributed by atoms with Crippen molar-refractivity contribution < 1.29 is 4.79 Å². The highest BCUT2D eigenvalue weighted by atomic mass is 16.1. The zero-order chi connectivity index (χ0) is 12.1. The highest BCUT2D eigenvalue weighted by molar-refractivity contribution is 5.76. The van der Waals surface area contributed by atoms with Crippen LogP contribution < -0.4 is 10.6 Å². The van der Waals surface area contributed by atoms with Crippen LogP contribution in [0.4, 0.5) is 0 Å². The first-order valence-electron chi connectivity index (χ1n) is 6.53. The summed E-state index contributed by atoms with van der Waals surface area (Å²) in [5.74, 6) is 1.68. The molecule has 1 rings (SSSR count). The van der Waals surface area contributed by atoms with E-state index < -0.39 is 0 Å². The van der Waals surface area contributed by atoms with Gasteiger partial charge in [0.2, 0.25) is 5.91 Å². The van der Waals surface area contributed by atoms with Crippen LogP contribution in [0.2, 0.25) is 0 Å². The lowest BCUT2D eigenvalue weighted by atomic mass is 9.99. The van der Waals surface area contributed by atoms with E-state index in [9.17, 15) is 4.79 Å². The average molecular weight is 226 g/mol. The van der Waals surface area contributed by atoms with E-state index in [1.54, 1.807) is 0 Å². The van der Waals surface area contributed by atoms with Crippen LogP contribution in [-0.4, -0.2) is 24.5 Å². The van der Waals surface area contributed by atoms with Crippen molar-refractivity contribution in [1.29, 1.82) is 0 Å². The second-order valence-corrected chi connectivity index (χ2v) is 5.53. The van der Waals surface area contributed by atoms with E-state index in [1.165, 1.54) is 12.8 Å². The van der Waals surface area contributed by atoms with Crippen molar-refractivity contribution in [3.63, 3.8) is 0 Å². The number of rotatable bonds is 7. The third-order valence-corrected chi connectivity index (χ3v) is 3.03. The molecule has 0 aromatic rings. The van der Waals surface area contributed by atoms with Crippen molar-refractivity contribution in [2.75, 3.05) is 6.54 Å². The number of amides is 1. The van der Waals surface area contributed by atoms with Crippen LogP contribution in [0.1, 0.15) is 47.0 Å². The fourth-order valence-electron chi connectivity index (χ4n) is 2.15. The maximum Gasteiger partial charge on any atom is 0.221 e. The Morgan fingerprint density at radius 2 is 1.88 bits per heavy atom. The molecule has 1 saturated carbocycles. The molecule has 1 aliphatic rings. The zero-order valence-corrected chi connectivity index (χ0v) is 11.0. The van der Waals surface area contributed by atoms with Crippen LogP contribution in [0.15, 0.2) is 0 Å². The molecule has 0 aromatic heterocycles. The van der Waals surface area contributed by atoms with Gasteiger partial charge in [0.05, 0.1) is 0 Å². The summed E-state index contributed by atoms with van der Waals surface area (Å²) < 4.78 is 0. The fraction of sp³-hybridized carbons (Fsp3) is 0.923. The van der Waals surface area contributed by atoms with Gasteiger partial charge in [-0.2, -0.15) is 0 Å². The predicted molar refractivity (Wildman–Crippen MR) is 67.2 cm³/mol. The smallest absolute Gasteiger partial charge is 0.221 e. The van der Waals surface area contributed by atoms with E-state index >= 15 is 0 Å². The van der Waals surface area contributed by atoms with Crippen LogP contribution >= 0.6 is 0 Å². The third kappa shape index (κ3) is 4.97. The number of carbonyl (C=O) groups excluding carboxylic acids is 1. The molecule has 0 saturated heterocycles. The molecule has 0 heterocycles. The summed E-state index contributed by atoms with van der Waals surface area (Å²) in [5, 5.41) is 6.44. The van der Waals surface area contributed by atoms with Gasteiger partial charge in [-0.15, -0.1) is 0 Å². The Hall–Kier alpha value is -0.570. The van der Waals surface area contributed by atoms with Gasteiger partial charge < -0.3 is 10.6 Å². The van der Waals surface area contributed by atoms with Gasteiger partial charge in [0.25, 0.3) is 0 Å². The minimum atomic E-state index is 0.154. The first kappa shape index (κ1) is 13.5. The highest BCUT2D eigenvalue weighted by Crippen LogP contribution is 2.35. The SMILES string of the molecule is CC(C)NC(=O)CCNC(C(C)C)C1CC1. The fourth-order valence-corrected chi connectivity index (χ4v) is 2.15. The Labute approximate surface area is 99.4 Å². The van der Waals surface area contributed by atoms with Crippen LogP contribution in [0, 0.1) is 11.8 Å². The highest BCUT2D eigenvalue weighted by Gasteiger charge is 2.32. The summed E-state index contributed by atoms with van der Waals surface area (Å²) in [4.78, 5) is 11.4. The quantitative estimate of drug-likeness (QED) is 0.696. The topological polar surface area (TPSA) is 41.1 Å². The number of hydrogen-bond donors (Lipinski definition) is 2. The summed E-state index contributed by atoms with van der Waals surface area (Å²) in [5.41, 5.74) is 0. The Morgan fingerprint density at radius 1 is 1.25 bits per heavy atom. The van der Waals surface area contributed by atoms with Crippen LogP contribution in [0.25, 0.3) is 0 Å². The van der Waals surface area contributed by atoms with E-state index in [0.29, 0.717) is 18.4 Å². The van der Waals surface area contributed by atoms with Crippen molar-refractivity contribution in [3.05, 3.63) is 0 Å². The van der Waals surface area contributed by atoms with E-state index in [0.717, 1.165) is 12.5 Å². The lowest BCUT2D eigenvalue weighted by Crippen LogP contribution is -2.39. The minimum absolute atomic E-state index is 0.154. The molecule has 1 unspecified atom stereocenters. The first-order chi connectivity index (χ1) is 7.50. The van der Waals surface area contributed by atoms with Crippen LogP contribution in [0.5, 0.6) is 0 Å². The van der Waals surface area contributed by atoms with E-state index in [-0.39, 0.29) is 11.9 Å². The van der Waals surface area contributed by atoms with E-state index in [1.807, 2.05) is 13.8 Å². The van der Waals surface area contributed by atoms with Crippen LogP contribution in [0.3, 0.4) is 0 Å². The molecular weight excluding hydrogens is 200 g/mol. The zero-order valence-electron chi connectivity index (χ0n) is 11.0. The van der Waals surface area contributed by atoms with Gasteiger partial charge in [0, 0.05) is 25.0 Å². The Kier molecular flexibility index (Phi) is 5.26. The van der Waals surface area contributed by atoms with Crippen molar-refractivity contribution in [2.24, 2.45) is 11.8 Å². The van der Waals surface area contributed by atoms with E-state index in [2.05, 4.69) is 24.5 Å². The van der Waals surface area contributed by atoms with E-state index in [4.69, 9.17) is 0 Å². The van der Waals surface area contributed by atoms with Gasteiger partial charge in [0.15, 0.2) is 0 Å². The standard InChI is InChI=1S/C13H26N2O/c1-9(2)13(11-5-6-11)14-8-7-12(16)15-10(3)4/h9-11,13-14H,5-8H2,1-4H3,(H,15,16). The Bertz CT molecular complexity index is 220. The molecule has 1 fully saturated rings. The van der Waals surface area contributed by atoms with Crippen molar-refractivity contribution in [1.82, 2.24) is 10.6 Å². The summed E-state index contributed by atoms with van der Waals surface area (Å²) in [7, 11) is 0. The molecule has 1 amide bonds. The molecule has 2 N–H and O–H groups in total. The first-order valence-corrected chi connectivity index (χ1v) is 6.53. The molecule has 0 bridgehead atoms. The second kappa shape index (κ2) is 6.24. The molecule has 3 nitrogen and oxygen atoms in total. The van der Waals surface area contributed by atoms with Crippen molar-refractivity contribution in [2.45, 2.75) is 59.0 Å². The Balaban J connectivity index is 2.15. The molecule has 0 aromatic carbocycles. The lowest BCUT2D eigenvalue weighted by molar-refractivity contribution is -0.121. The summed E-state index contributed by atoms with van der Waals surface area (Å²) in [6, 6.07) is 0.851. The van der Waals surface area contributed by atoms with Gasteiger partial charge in [-0.25, -0.2) is 0 Å². The number of nitrogens with one attached hydrogen (secondary N) is 2. The third-order valence-electron chi connectivity index (χ3n) is 3.03. The molecule has 1 atom stereocenters. The Morgan fingerprint density at radius 3 is 2.31 bits per heavy atom. The summed E-state index contributed by atoms with van der Waals surface area (Å²) >= 11 is 0. The largest absolute Gasteiger partial charge is 0.354 e. The summed E-state index contributed by atoms with van der Waals surface area (Å²) in [6.07, 6.45) is 3.30. The maximum atomic E-state index is 11.4. The number of hydrogen-bond acceptors (Lipinski definition) is 2. The summed E-state index contributed by atoms with van der Waals surface area (Å²) in [6.45, 7) is 9.30. The number of carbonyl (C=O) groups is 1. The van der Waals surface area contributed by atoms with Gasteiger partial charge in [-0.3, -0.25) is 4.79 Å². The molecule has 3 heteroatoms. The van der Waals surface area contributed by atoms with Gasteiger partial charge >= 0.3 is 0 Å². The molecule has 1 aliphatic carbocycles. The van der Waals surface area contributed by atoms with Crippen molar-refractivity contribution in [3.8, 4) is 0 Å². The molecule has 0 radical (unpaired) electrons. The van der Waals surface area contributed by atoms with Gasteiger partial charge in [-0.05, 0) is 38.5 Å². The lowest BCUT2D eigenvalue weighted by Gasteiger charge is -2.22. The van der Waals surface area contributed by atoms with Gasteiger partial charge in [0.1, 0.15) is 0 Å². The predicted octanol–water partition coefficient (Wildman–Crippen LogP) is 1.93. The molecule has 16 heavy (non-hydrogen) atoms. The van der Waals surface area contributed by atoms with Gasteiger partial charge in [-0.1, -0.05) is 13.8 Å². The molecule has 94 valence electrons. The normalized spacial score (nSPS) is 17.9. The average Bonchev–Trinajstić information content (AvgIpc) is 2.93. The maximum absolute atomic E-state index is 11.4. The molecule has 0 spiro atoms. The molecule has 0 aliphatic heterocycles. The van der Waals surface area contributed by atoms with Crippen molar-refractivity contribution >= 4 is 5.91 Å². The van der Waals surface area contributed by atoms with Crippen LogP contribution in [-0.2, 0) is 4.79 Å². The minimum Gasteiger partial charge on any atom is -0.354 e. The monoisotopic (exact) mass is 226 g/mol. The second-order valence-electron chi connectivity index (χ2n) is 5.53.